The van der Waals surface area contributed by atoms with Crippen molar-refractivity contribution in [3.8, 4) is 44.9 Å². The maximum absolute atomic E-state index is 5.11. The summed E-state index contributed by atoms with van der Waals surface area (Å²) in [5.41, 5.74) is 11.8. The third kappa shape index (κ3) is 4.14. The van der Waals surface area contributed by atoms with E-state index in [0.29, 0.717) is 0 Å². The normalized spacial score (nSPS) is 13.3. The molecule has 0 N–H and O–H groups in total. The molecule has 0 bridgehead atoms. The first-order valence-corrected chi connectivity index (χ1v) is 17.0. The summed E-state index contributed by atoms with van der Waals surface area (Å²) in [6.07, 6.45) is 0. The highest BCUT2D eigenvalue weighted by atomic mass is 14.9. The summed E-state index contributed by atoms with van der Waals surface area (Å²) in [7, 11) is 0. The van der Waals surface area contributed by atoms with Crippen LogP contribution in [0.1, 0.15) is 25.0 Å². The van der Waals surface area contributed by atoms with E-state index in [1.165, 1.54) is 60.1 Å². The molecule has 1 aliphatic carbocycles. The van der Waals surface area contributed by atoms with Crippen molar-refractivity contribution in [1.82, 2.24) is 9.97 Å². The number of aromatic nitrogens is 2. The SMILES string of the molecule is CC1(C)c2ccccc2-c2c1c1ccccc1c1c2ccc2cc(-c3ccc4c(-c5ccccc5)nc(-c5ccccc5)nc4c3)ccc21. The highest BCUT2D eigenvalue weighted by molar-refractivity contribution is 6.26. The van der Waals surface area contributed by atoms with Gasteiger partial charge >= 0.3 is 0 Å². The Labute approximate surface area is 285 Å². The van der Waals surface area contributed by atoms with Crippen molar-refractivity contribution in [2.75, 3.05) is 0 Å². The van der Waals surface area contributed by atoms with Crippen LogP contribution in [0.3, 0.4) is 0 Å². The molecule has 1 aliphatic rings. The van der Waals surface area contributed by atoms with Gasteiger partial charge in [0.2, 0.25) is 0 Å². The Morgan fingerprint density at radius 1 is 0.449 bits per heavy atom. The Kier molecular flexibility index (Phi) is 5.95. The van der Waals surface area contributed by atoms with Crippen molar-refractivity contribution in [2.45, 2.75) is 19.3 Å². The van der Waals surface area contributed by atoms with Crippen LogP contribution in [0.4, 0.5) is 0 Å². The van der Waals surface area contributed by atoms with Crippen LogP contribution in [-0.2, 0) is 5.41 Å². The van der Waals surface area contributed by atoms with Crippen LogP contribution in [0.2, 0.25) is 0 Å². The van der Waals surface area contributed by atoms with E-state index in [4.69, 9.17) is 9.97 Å². The van der Waals surface area contributed by atoms with Crippen molar-refractivity contribution in [3.05, 3.63) is 169 Å². The second kappa shape index (κ2) is 10.4. The summed E-state index contributed by atoms with van der Waals surface area (Å²) in [6, 6.07) is 56.9. The summed E-state index contributed by atoms with van der Waals surface area (Å²) in [5.74, 6) is 0.734. The molecule has 0 saturated heterocycles. The topological polar surface area (TPSA) is 25.8 Å². The van der Waals surface area contributed by atoms with E-state index >= 15 is 0 Å². The van der Waals surface area contributed by atoms with Crippen molar-refractivity contribution in [1.29, 1.82) is 0 Å². The van der Waals surface area contributed by atoms with Gasteiger partial charge in [-0.05, 0) is 83.9 Å². The lowest BCUT2D eigenvalue weighted by atomic mass is 9.79. The molecule has 0 fully saturated rings. The predicted octanol–water partition coefficient (Wildman–Crippen LogP) is 12.4. The molecule has 1 heterocycles. The minimum absolute atomic E-state index is 0.0705. The number of nitrogens with zero attached hydrogens (tertiary/aromatic N) is 2. The lowest BCUT2D eigenvalue weighted by Gasteiger charge is -2.24. The summed E-state index contributed by atoms with van der Waals surface area (Å²) in [5, 5.41) is 8.89. The van der Waals surface area contributed by atoms with Gasteiger partial charge in [0.1, 0.15) is 0 Å². The lowest BCUT2D eigenvalue weighted by molar-refractivity contribution is 0.666. The van der Waals surface area contributed by atoms with E-state index in [2.05, 4.69) is 147 Å². The molecule has 2 nitrogen and oxygen atoms in total. The number of hydrogen-bond donors (Lipinski definition) is 0. The van der Waals surface area contributed by atoms with Crippen LogP contribution in [0.25, 0.3) is 88.1 Å². The molecular formula is C47H32N2. The molecule has 0 atom stereocenters. The predicted molar refractivity (Wildman–Crippen MR) is 206 cm³/mol. The van der Waals surface area contributed by atoms with Crippen LogP contribution in [0.5, 0.6) is 0 Å². The third-order valence-electron chi connectivity index (χ3n) is 10.6. The third-order valence-corrected chi connectivity index (χ3v) is 10.6. The van der Waals surface area contributed by atoms with Crippen molar-refractivity contribution < 1.29 is 0 Å². The molecule has 1 aromatic heterocycles. The molecule has 9 aromatic rings. The first kappa shape index (κ1) is 27.9. The molecule has 0 aliphatic heterocycles. The fourth-order valence-corrected chi connectivity index (χ4v) is 8.35. The minimum Gasteiger partial charge on any atom is -0.228 e. The average Bonchev–Trinajstić information content (AvgIpc) is 3.41. The van der Waals surface area contributed by atoms with Crippen LogP contribution in [-0.4, -0.2) is 9.97 Å². The molecule has 230 valence electrons. The highest BCUT2D eigenvalue weighted by Crippen LogP contribution is 2.55. The molecule has 2 heteroatoms. The van der Waals surface area contributed by atoms with Gasteiger partial charge in [0.05, 0.1) is 11.2 Å². The second-order valence-electron chi connectivity index (χ2n) is 13.8. The summed E-state index contributed by atoms with van der Waals surface area (Å²) in [6.45, 7) is 4.76. The van der Waals surface area contributed by atoms with Crippen molar-refractivity contribution >= 4 is 43.2 Å². The maximum atomic E-state index is 5.11. The Hall–Kier alpha value is -6.12. The molecule has 0 radical (unpaired) electrons. The highest BCUT2D eigenvalue weighted by Gasteiger charge is 2.38. The van der Waals surface area contributed by atoms with Crippen LogP contribution >= 0.6 is 0 Å². The minimum atomic E-state index is -0.0705. The van der Waals surface area contributed by atoms with Gasteiger partial charge in [-0.15, -0.1) is 0 Å². The van der Waals surface area contributed by atoms with Crippen LogP contribution < -0.4 is 0 Å². The van der Waals surface area contributed by atoms with E-state index in [9.17, 15) is 0 Å². The number of rotatable bonds is 3. The Balaban J connectivity index is 1.18. The summed E-state index contributed by atoms with van der Waals surface area (Å²) < 4.78 is 0. The summed E-state index contributed by atoms with van der Waals surface area (Å²) in [4.78, 5) is 10.2. The van der Waals surface area contributed by atoms with E-state index in [1.807, 2.05) is 24.3 Å². The Bertz CT molecular complexity index is 2780. The first-order chi connectivity index (χ1) is 24.1. The largest absolute Gasteiger partial charge is 0.228 e. The van der Waals surface area contributed by atoms with Crippen LogP contribution in [0, 0.1) is 0 Å². The van der Waals surface area contributed by atoms with Gasteiger partial charge in [-0.25, -0.2) is 9.97 Å². The monoisotopic (exact) mass is 624 g/mol. The van der Waals surface area contributed by atoms with Gasteiger partial charge in [0.25, 0.3) is 0 Å². The van der Waals surface area contributed by atoms with Crippen molar-refractivity contribution in [3.63, 3.8) is 0 Å². The van der Waals surface area contributed by atoms with E-state index in [1.54, 1.807) is 0 Å². The Morgan fingerprint density at radius 3 is 1.88 bits per heavy atom. The second-order valence-corrected chi connectivity index (χ2v) is 13.8. The van der Waals surface area contributed by atoms with Gasteiger partial charge < -0.3 is 0 Å². The molecule has 0 amide bonds. The maximum Gasteiger partial charge on any atom is 0.160 e. The van der Waals surface area contributed by atoms with Gasteiger partial charge in [-0.1, -0.05) is 153 Å². The van der Waals surface area contributed by atoms with E-state index in [-0.39, 0.29) is 5.41 Å². The fourth-order valence-electron chi connectivity index (χ4n) is 8.35. The zero-order chi connectivity index (χ0) is 32.7. The van der Waals surface area contributed by atoms with Crippen LogP contribution in [0.15, 0.2) is 158 Å². The molecule has 0 spiro atoms. The molecule has 10 rings (SSSR count). The number of benzene rings is 8. The standard InChI is InChI=1S/C47H32N2/c1-47(2)40-20-12-11-19-37(40)43-39-26-23-33-27-31(21-24-34(33)42(39)35-17-9-10-18-36(35)44(43)47)32-22-25-38-41(28-32)48-46(30-15-7-4-8-16-30)49-45(38)29-13-5-3-6-14-29/h3-28H,1-2H3. The molecule has 0 saturated carbocycles. The zero-order valence-electron chi connectivity index (χ0n) is 27.4. The molecule has 0 unspecified atom stereocenters. The average molecular weight is 625 g/mol. The molecule has 8 aromatic carbocycles. The Morgan fingerprint density at radius 2 is 1.08 bits per heavy atom. The van der Waals surface area contributed by atoms with Gasteiger partial charge in [-0.2, -0.15) is 0 Å². The van der Waals surface area contributed by atoms with Crippen molar-refractivity contribution in [2.24, 2.45) is 0 Å². The smallest absolute Gasteiger partial charge is 0.160 e. The van der Waals surface area contributed by atoms with E-state index < -0.39 is 0 Å². The van der Waals surface area contributed by atoms with Gasteiger partial charge in [0, 0.05) is 21.9 Å². The quantitative estimate of drug-likeness (QED) is 0.183. The van der Waals surface area contributed by atoms with Gasteiger partial charge in [-0.3, -0.25) is 0 Å². The number of fused-ring (bicyclic) bond motifs is 11. The molecular weight excluding hydrogens is 593 g/mol. The lowest BCUT2D eigenvalue weighted by Crippen LogP contribution is -2.15. The van der Waals surface area contributed by atoms with Gasteiger partial charge in [0.15, 0.2) is 5.82 Å². The summed E-state index contributed by atoms with van der Waals surface area (Å²) >= 11 is 0. The van der Waals surface area contributed by atoms with E-state index in [0.717, 1.165) is 39.1 Å². The first-order valence-electron chi connectivity index (χ1n) is 17.0. The zero-order valence-corrected chi connectivity index (χ0v) is 27.4. The fraction of sp³-hybridized carbons (Fsp3) is 0.0638. The molecule has 49 heavy (non-hydrogen) atoms. The number of hydrogen-bond acceptors (Lipinski definition) is 2.